The zero-order chi connectivity index (χ0) is 11.8. The predicted octanol–water partition coefficient (Wildman–Crippen LogP) is 2.97. The second-order valence-electron chi connectivity index (χ2n) is 3.27. The average Bonchev–Trinajstić information content (AvgIpc) is 2.30. The molecule has 16 heavy (non-hydrogen) atoms. The van der Waals surface area contributed by atoms with Crippen LogP contribution in [0, 0.1) is 0 Å². The molecule has 1 rings (SSSR count). The van der Waals surface area contributed by atoms with Gasteiger partial charge in [0.05, 0.1) is 6.61 Å². The molecule has 0 aliphatic heterocycles. The first-order valence-electron chi connectivity index (χ1n) is 5.26. The minimum Gasteiger partial charge on any atom is -0.463 e. The van der Waals surface area contributed by atoms with Gasteiger partial charge in [-0.05, 0) is 18.6 Å². The van der Waals surface area contributed by atoms with E-state index in [-0.39, 0.29) is 0 Å². The zero-order valence-corrected chi connectivity index (χ0v) is 9.94. The van der Waals surface area contributed by atoms with E-state index in [1.54, 1.807) is 24.3 Å². The van der Waals surface area contributed by atoms with Crippen molar-refractivity contribution in [3.8, 4) is 5.75 Å². The van der Waals surface area contributed by atoms with E-state index in [0.29, 0.717) is 12.4 Å². The maximum atomic E-state index is 11.3. The van der Waals surface area contributed by atoms with Crippen LogP contribution in [0.3, 0.4) is 0 Å². The number of esters is 1. The van der Waals surface area contributed by atoms with Crippen molar-refractivity contribution in [1.29, 1.82) is 0 Å². The number of carbonyl (C=O) groups is 1. The summed E-state index contributed by atoms with van der Waals surface area (Å²) < 4.78 is 10.1. The quantitative estimate of drug-likeness (QED) is 0.437. The number of hydrogen-bond acceptors (Lipinski definition) is 3. The molecular formula is C12H15ClO3. The van der Waals surface area contributed by atoms with Gasteiger partial charge in [-0.2, -0.15) is 0 Å². The molecule has 0 aliphatic carbocycles. The van der Waals surface area contributed by atoms with Crippen molar-refractivity contribution in [2.45, 2.75) is 25.3 Å². The molecule has 0 aliphatic rings. The van der Waals surface area contributed by atoms with Gasteiger partial charge >= 0.3 is 5.97 Å². The lowest BCUT2D eigenvalue weighted by molar-refractivity contribution is -0.148. The fourth-order valence-electron chi connectivity index (χ4n) is 1.05. The normalized spacial score (nSPS) is 11.9. The molecule has 0 heterocycles. The summed E-state index contributed by atoms with van der Waals surface area (Å²) in [6.07, 6.45) is 1.81. The van der Waals surface area contributed by atoms with Crippen LogP contribution in [0.1, 0.15) is 19.8 Å². The van der Waals surface area contributed by atoms with Crippen LogP contribution >= 0.6 is 11.6 Å². The van der Waals surface area contributed by atoms with Gasteiger partial charge in [-0.3, -0.25) is 0 Å². The highest BCUT2D eigenvalue weighted by molar-refractivity contribution is 6.28. The molecule has 0 radical (unpaired) electrons. The minimum atomic E-state index is -1.08. The monoisotopic (exact) mass is 242 g/mol. The van der Waals surface area contributed by atoms with E-state index in [0.717, 1.165) is 12.8 Å². The third-order valence-corrected chi connectivity index (χ3v) is 2.18. The number of carbonyl (C=O) groups excluding carboxylic acids is 1. The van der Waals surface area contributed by atoms with Gasteiger partial charge < -0.3 is 9.47 Å². The first-order chi connectivity index (χ1) is 7.74. The second-order valence-corrected chi connectivity index (χ2v) is 3.66. The summed E-state index contributed by atoms with van der Waals surface area (Å²) in [6.45, 7) is 2.41. The van der Waals surface area contributed by atoms with E-state index in [1.165, 1.54) is 0 Å². The lowest BCUT2D eigenvalue weighted by Crippen LogP contribution is -2.24. The summed E-state index contributed by atoms with van der Waals surface area (Å²) in [4.78, 5) is 11.3. The van der Waals surface area contributed by atoms with Gasteiger partial charge in [-0.25, -0.2) is 4.79 Å². The van der Waals surface area contributed by atoms with Crippen LogP contribution in [0.4, 0.5) is 0 Å². The summed E-state index contributed by atoms with van der Waals surface area (Å²) in [7, 11) is 0. The van der Waals surface area contributed by atoms with Crippen LogP contribution in [-0.4, -0.2) is 18.1 Å². The number of alkyl halides is 1. The van der Waals surface area contributed by atoms with E-state index in [4.69, 9.17) is 21.1 Å². The van der Waals surface area contributed by atoms with E-state index in [2.05, 4.69) is 0 Å². The standard InChI is InChI=1S/C12H15ClO3/c1-2-3-9-15-12(14)11(13)16-10-7-5-4-6-8-10/h4-8,11H,2-3,9H2,1H3. The van der Waals surface area contributed by atoms with Gasteiger partial charge in [0.2, 0.25) is 0 Å². The molecule has 0 saturated heterocycles. The largest absolute Gasteiger partial charge is 0.463 e. The Hall–Kier alpha value is -1.22. The van der Waals surface area contributed by atoms with Crippen LogP contribution in [0.15, 0.2) is 30.3 Å². The highest BCUT2D eigenvalue weighted by atomic mass is 35.5. The Labute approximate surface area is 100 Å². The number of halogens is 1. The number of rotatable bonds is 6. The van der Waals surface area contributed by atoms with Crippen molar-refractivity contribution in [3.05, 3.63) is 30.3 Å². The summed E-state index contributed by atoms with van der Waals surface area (Å²) in [5, 5.41) is 0. The van der Waals surface area contributed by atoms with E-state index >= 15 is 0 Å². The van der Waals surface area contributed by atoms with E-state index < -0.39 is 11.5 Å². The molecule has 1 aromatic rings. The van der Waals surface area contributed by atoms with Crippen molar-refractivity contribution < 1.29 is 14.3 Å². The Bertz CT molecular complexity index is 313. The first-order valence-corrected chi connectivity index (χ1v) is 5.70. The minimum absolute atomic E-state index is 0.386. The number of hydrogen-bond donors (Lipinski definition) is 0. The SMILES string of the molecule is CCCCOC(=O)C(Cl)Oc1ccccc1. The lowest BCUT2D eigenvalue weighted by Gasteiger charge is -2.11. The second kappa shape index (κ2) is 7.12. The molecule has 0 aromatic heterocycles. The maximum Gasteiger partial charge on any atom is 0.363 e. The number of unbranched alkanes of at least 4 members (excludes halogenated alkanes) is 1. The highest BCUT2D eigenvalue weighted by Gasteiger charge is 2.18. The Morgan fingerprint density at radius 3 is 2.69 bits per heavy atom. The van der Waals surface area contributed by atoms with Crippen molar-refractivity contribution in [2.24, 2.45) is 0 Å². The molecule has 0 saturated carbocycles. The lowest BCUT2D eigenvalue weighted by atomic mass is 10.3. The third-order valence-electron chi connectivity index (χ3n) is 1.91. The van der Waals surface area contributed by atoms with Gasteiger partial charge in [0.15, 0.2) is 0 Å². The number of benzene rings is 1. The number of ether oxygens (including phenoxy) is 2. The van der Waals surface area contributed by atoms with Gasteiger partial charge in [-0.15, -0.1) is 0 Å². The van der Waals surface area contributed by atoms with Gasteiger partial charge in [0.1, 0.15) is 5.75 Å². The molecule has 1 aromatic carbocycles. The zero-order valence-electron chi connectivity index (χ0n) is 9.19. The van der Waals surface area contributed by atoms with Gasteiger partial charge in [0, 0.05) is 0 Å². The Morgan fingerprint density at radius 2 is 2.06 bits per heavy atom. The molecule has 88 valence electrons. The smallest absolute Gasteiger partial charge is 0.363 e. The fourth-order valence-corrected chi connectivity index (χ4v) is 1.22. The van der Waals surface area contributed by atoms with Crippen LogP contribution < -0.4 is 4.74 Å². The third kappa shape index (κ3) is 4.53. The van der Waals surface area contributed by atoms with Crippen LogP contribution in [0.5, 0.6) is 5.75 Å². The Kier molecular flexibility index (Phi) is 5.72. The molecule has 0 bridgehead atoms. The molecular weight excluding hydrogens is 228 g/mol. The molecule has 0 amide bonds. The molecule has 4 heteroatoms. The number of para-hydroxylation sites is 1. The predicted molar refractivity (Wildman–Crippen MR) is 62.6 cm³/mol. The Morgan fingerprint density at radius 1 is 1.38 bits per heavy atom. The van der Waals surface area contributed by atoms with Crippen molar-refractivity contribution in [3.63, 3.8) is 0 Å². The summed E-state index contributed by atoms with van der Waals surface area (Å²) >= 11 is 5.75. The molecule has 0 fully saturated rings. The van der Waals surface area contributed by atoms with Crippen molar-refractivity contribution >= 4 is 17.6 Å². The van der Waals surface area contributed by atoms with Gasteiger partial charge in [-0.1, -0.05) is 43.1 Å². The summed E-state index contributed by atoms with van der Waals surface area (Å²) in [6, 6.07) is 8.93. The van der Waals surface area contributed by atoms with Crippen molar-refractivity contribution in [1.82, 2.24) is 0 Å². The van der Waals surface area contributed by atoms with Crippen LogP contribution in [-0.2, 0) is 9.53 Å². The average molecular weight is 243 g/mol. The summed E-state index contributed by atoms with van der Waals surface area (Å²) in [5.74, 6) is 0.00825. The fraction of sp³-hybridized carbons (Fsp3) is 0.417. The summed E-state index contributed by atoms with van der Waals surface area (Å²) in [5.41, 5.74) is -1.08. The molecule has 3 nitrogen and oxygen atoms in total. The van der Waals surface area contributed by atoms with E-state index in [1.807, 2.05) is 13.0 Å². The molecule has 0 N–H and O–H groups in total. The van der Waals surface area contributed by atoms with Gasteiger partial charge in [0.25, 0.3) is 5.56 Å². The molecule has 1 atom stereocenters. The van der Waals surface area contributed by atoms with E-state index in [9.17, 15) is 4.79 Å². The van der Waals surface area contributed by atoms with Crippen molar-refractivity contribution in [2.75, 3.05) is 6.61 Å². The maximum absolute atomic E-state index is 11.3. The van der Waals surface area contributed by atoms with Crippen LogP contribution in [0.25, 0.3) is 0 Å². The highest BCUT2D eigenvalue weighted by Crippen LogP contribution is 2.13. The van der Waals surface area contributed by atoms with Crippen LogP contribution in [0.2, 0.25) is 0 Å². The molecule has 1 unspecified atom stereocenters. The topological polar surface area (TPSA) is 35.5 Å². The Balaban J connectivity index is 2.34. The first kappa shape index (κ1) is 12.8. The molecule has 0 spiro atoms.